The summed E-state index contributed by atoms with van der Waals surface area (Å²) in [6.45, 7) is 10.7. The Balaban J connectivity index is 2.08. The quantitative estimate of drug-likeness (QED) is 0.680. The third-order valence-corrected chi connectivity index (χ3v) is 6.19. The first kappa shape index (κ1) is 19.8. The van der Waals surface area contributed by atoms with E-state index in [4.69, 9.17) is 10.8 Å². The van der Waals surface area contributed by atoms with Crippen LogP contribution in [0.2, 0.25) is 0 Å². The first-order valence-electron chi connectivity index (χ1n) is 10.7. The molecule has 0 aliphatic heterocycles. The summed E-state index contributed by atoms with van der Waals surface area (Å²) in [6, 6.07) is 13.7. The Kier molecular flexibility index (Phi) is 5.07. The average Bonchev–Trinajstić information content (AvgIpc) is 3.11. The fourth-order valence-corrected chi connectivity index (χ4v) is 4.89. The van der Waals surface area contributed by atoms with E-state index in [1.165, 1.54) is 33.4 Å². The lowest BCUT2D eigenvalue weighted by Gasteiger charge is -2.36. The van der Waals surface area contributed by atoms with Gasteiger partial charge in [0.15, 0.2) is 0 Å². The van der Waals surface area contributed by atoms with Crippen LogP contribution in [0.4, 0.5) is 0 Å². The van der Waals surface area contributed by atoms with Gasteiger partial charge in [-0.1, -0.05) is 61.4 Å². The molecule has 4 rings (SSSR count). The van der Waals surface area contributed by atoms with Crippen molar-refractivity contribution in [3.63, 3.8) is 0 Å². The summed E-state index contributed by atoms with van der Waals surface area (Å²) in [5.41, 5.74) is 14.1. The second-order valence-electron chi connectivity index (χ2n) is 9.12. The van der Waals surface area contributed by atoms with Crippen LogP contribution in [0.25, 0.3) is 0 Å². The molecule has 1 heterocycles. The zero-order chi connectivity index (χ0) is 20.8. The van der Waals surface area contributed by atoms with E-state index in [0.717, 1.165) is 30.9 Å². The molecule has 0 amide bonds. The maximum Gasteiger partial charge on any atom is 0.145 e. The van der Waals surface area contributed by atoms with E-state index < -0.39 is 5.41 Å². The first-order valence-corrected chi connectivity index (χ1v) is 10.7. The van der Waals surface area contributed by atoms with E-state index in [0.29, 0.717) is 5.92 Å². The van der Waals surface area contributed by atoms with Crippen LogP contribution in [0.5, 0.6) is 0 Å². The number of aromatic amines is 1. The monoisotopic (exact) mass is 388 g/mol. The van der Waals surface area contributed by atoms with Crippen LogP contribution in [-0.4, -0.2) is 21.2 Å². The minimum Gasteiger partial charge on any atom is -0.328 e. The molecule has 152 valence electrons. The van der Waals surface area contributed by atoms with Crippen molar-refractivity contribution < 1.29 is 0 Å². The summed E-state index contributed by atoms with van der Waals surface area (Å²) in [7, 11) is 0. The number of benzene rings is 2. The summed E-state index contributed by atoms with van der Waals surface area (Å²) in [5.74, 6) is 2.13. The van der Waals surface area contributed by atoms with Crippen molar-refractivity contribution in [1.29, 1.82) is 0 Å². The molecule has 0 bridgehead atoms. The Morgan fingerprint density at radius 1 is 0.931 bits per heavy atom. The fourth-order valence-electron chi connectivity index (χ4n) is 4.89. The number of hydrogen-bond donors (Lipinski definition) is 2. The highest BCUT2D eigenvalue weighted by Crippen LogP contribution is 2.47. The topological polar surface area (TPSA) is 67.6 Å². The van der Waals surface area contributed by atoms with Crippen molar-refractivity contribution in [2.45, 2.75) is 71.3 Å². The van der Waals surface area contributed by atoms with Gasteiger partial charge in [0.1, 0.15) is 11.6 Å². The van der Waals surface area contributed by atoms with Crippen molar-refractivity contribution in [2.24, 2.45) is 5.73 Å². The van der Waals surface area contributed by atoms with Gasteiger partial charge in [-0.3, -0.25) is 0 Å². The molecule has 29 heavy (non-hydrogen) atoms. The van der Waals surface area contributed by atoms with Gasteiger partial charge in [-0.25, -0.2) is 0 Å². The molecular weight excluding hydrogens is 356 g/mol. The summed E-state index contributed by atoms with van der Waals surface area (Å²) in [6.07, 6.45) is 2.84. The molecule has 0 spiro atoms. The molecule has 2 aromatic carbocycles. The number of fused-ring (bicyclic) bond motifs is 2. The van der Waals surface area contributed by atoms with Crippen LogP contribution in [0.15, 0.2) is 36.4 Å². The highest BCUT2D eigenvalue weighted by atomic mass is 15.2. The van der Waals surface area contributed by atoms with E-state index in [1.54, 1.807) is 0 Å². The number of hydrogen-bond acceptors (Lipinski definition) is 3. The van der Waals surface area contributed by atoms with Gasteiger partial charge in [0, 0.05) is 12.0 Å². The average molecular weight is 389 g/mol. The molecule has 0 saturated carbocycles. The molecule has 3 N–H and O–H groups in total. The maximum absolute atomic E-state index is 6.48. The standard InChI is InChI=1S/C25H32N4/c1-15(2)23-27-24(29-28-23)25(14-18(5)26)21-10-6-16(3)12-19(21)8-9-20-13-17(4)7-11-22(20)25/h6-7,10-13,15,18H,8-9,14,26H2,1-5H3,(H,27,28,29)/t18-/m1/s1. The van der Waals surface area contributed by atoms with Gasteiger partial charge in [0.25, 0.3) is 0 Å². The number of nitrogens with one attached hydrogen (secondary N) is 1. The highest BCUT2D eigenvalue weighted by molar-refractivity contribution is 5.56. The van der Waals surface area contributed by atoms with Gasteiger partial charge in [0.2, 0.25) is 0 Å². The molecule has 0 fully saturated rings. The SMILES string of the molecule is Cc1ccc2c(c1)CCc1cc(C)ccc1C2(C[C@@H](C)N)c1nnc(C(C)C)[nH]1. The smallest absolute Gasteiger partial charge is 0.145 e. The zero-order valence-corrected chi connectivity index (χ0v) is 18.2. The second kappa shape index (κ2) is 7.42. The number of aryl methyl sites for hydroxylation is 4. The second-order valence-corrected chi connectivity index (χ2v) is 9.12. The maximum atomic E-state index is 6.48. The van der Waals surface area contributed by atoms with Crippen LogP contribution in [0, 0.1) is 13.8 Å². The van der Waals surface area contributed by atoms with Gasteiger partial charge in [-0.15, -0.1) is 10.2 Å². The molecular formula is C25H32N4. The zero-order valence-electron chi connectivity index (χ0n) is 18.2. The number of nitrogens with two attached hydrogens (primary N) is 1. The molecule has 4 heteroatoms. The summed E-state index contributed by atoms with van der Waals surface area (Å²) in [5, 5.41) is 9.22. The molecule has 1 aliphatic carbocycles. The van der Waals surface area contributed by atoms with Crippen LogP contribution >= 0.6 is 0 Å². The minimum atomic E-state index is -0.420. The number of aromatic nitrogens is 3. The molecule has 4 nitrogen and oxygen atoms in total. The van der Waals surface area contributed by atoms with Crippen LogP contribution in [-0.2, 0) is 18.3 Å². The molecule has 0 unspecified atom stereocenters. The molecule has 0 saturated heterocycles. The van der Waals surface area contributed by atoms with Gasteiger partial charge in [0.05, 0.1) is 5.41 Å². The summed E-state index contributed by atoms with van der Waals surface area (Å²) >= 11 is 0. The van der Waals surface area contributed by atoms with E-state index in [9.17, 15) is 0 Å². The van der Waals surface area contributed by atoms with Crippen LogP contribution in [0.1, 0.15) is 78.1 Å². The largest absolute Gasteiger partial charge is 0.328 e. The Labute approximate surface area is 174 Å². The normalized spacial score (nSPS) is 16.2. The Morgan fingerprint density at radius 3 is 1.93 bits per heavy atom. The lowest BCUT2D eigenvalue weighted by atomic mass is 9.68. The van der Waals surface area contributed by atoms with Gasteiger partial charge >= 0.3 is 0 Å². The predicted octanol–water partition coefficient (Wildman–Crippen LogP) is 4.72. The summed E-state index contributed by atoms with van der Waals surface area (Å²) < 4.78 is 0. The number of nitrogens with zero attached hydrogens (tertiary/aromatic N) is 2. The molecule has 0 radical (unpaired) electrons. The Morgan fingerprint density at radius 2 is 1.48 bits per heavy atom. The number of H-pyrrole nitrogens is 1. The van der Waals surface area contributed by atoms with E-state index in [1.807, 2.05) is 0 Å². The molecule has 1 aromatic heterocycles. The molecule has 1 aliphatic rings. The van der Waals surface area contributed by atoms with E-state index in [2.05, 4.69) is 81.1 Å². The van der Waals surface area contributed by atoms with Crippen LogP contribution < -0.4 is 5.73 Å². The third kappa shape index (κ3) is 3.40. The fraction of sp³-hybridized carbons (Fsp3) is 0.440. The molecule has 1 atom stereocenters. The van der Waals surface area contributed by atoms with E-state index in [-0.39, 0.29) is 6.04 Å². The van der Waals surface area contributed by atoms with Gasteiger partial charge in [-0.2, -0.15) is 0 Å². The van der Waals surface area contributed by atoms with Gasteiger partial charge in [-0.05, 0) is 62.3 Å². The van der Waals surface area contributed by atoms with Crippen LogP contribution in [0.3, 0.4) is 0 Å². The van der Waals surface area contributed by atoms with Crippen molar-refractivity contribution >= 4 is 0 Å². The lowest BCUT2D eigenvalue weighted by molar-refractivity contribution is 0.475. The Hall–Kier alpha value is -2.46. The lowest BCUT2D eigenvalue weighted by Crippen LogP contribution is -2.38. The van der Waals surface area contributed by atoms with Crippen molar-refractivity contribution in [3.8, 4) is 0 Å². The predicted molar refractivity (Wildman–Crippen MR) is 118 cm³/mol. The van der Waals surface area contributed by atoms with Crippen molar-refractivity contribution in [1.82, 2.24) is 15.2 Å². The van der Waals surface area contributed by atoms with E-state index >= 15 is 0 Å². The third-order valence-electron chi connectivity index (χ3n) is 6.19. The number of rotatable bonds is 4. The summed E-state index contributed by atoms with van der Waals surface area (Å²) in [4.78, 5) is 3.59. The van der Waals surface area contributed by atoms with Crippen molar-refractivity contribution in [3.05, 3.63) is 81.4 Å². The first-order chi connectivity index (χ1) is 13.8. The minimum absolute atomic E-state index is 0.0176. The highest BCUT2D eigenvalue weighted by Gasteiger charge is 2.44. The van der Waals surface area contributed by atoms with Crippen molar-refractivity contribution in [2.75, 3.05) is 0 Å². The Bertz CT molecular complexity index is 976. The van der Waals surface area contributed by atoms with Gasteiger partial charge < -0.3 is 10.7 Å². The molecule has 3 aromatic rings.